The Hall–Kier alpha value is -3.16. The second-order valence-corrected chi connectivity index (χ2v) is 5.47. The van der Waals surface area contributed by atoms with Crippen LogP contribution in [0.1, 0.15) is 6.42 Å². The van der Waals surface area contributed by atoms with Crippen molar-refractivity contribution < 1.29 is 9.53 Å². The van der Waals surface area contributed by atoms with Crippen molar-refractivity contribution in [1.29, 1.82) is 0 Å². The number of rotatable bonds is 0. The minimum absolute atomic E-state index is 0.0337. The molecule has 0 unspecified atom stereocenters. The number of nitrogens with one attached hydrogen (secondary N) is 2. The van der Waals surface area contributed by atoms with Gasteiger partial charge in [-0.05, 0) is 18.6 Å². The Kier molecular flexibility index (Phi) is 3.70. The summed E-state index contributed by atoms with van der Waals surface area (Å²) in [4.78, 5) is 20.6. The van der Waals surface area contributed by atoms with Crippen molar-refractivity contribution in [1.82, 2.24) is 24.9 Å². The summed E-state index contributed by atoms with van der Waals surface area (Å²) in [5.41, 5.74) is 2.43. The molecule has 0 aromatic carbocycles. The van der Waals surface area contributed by atoms with Crippen LogP contribution in [0, 0.1) is 0 Å². The smallest absolute Gasteiger partial charge is 0.257 e. The van der Waals surface area contributed by atoms with Gasteiger partial charge >= 0.3 is 0 Å². The van der Waals surface area contributed by atoms with E-state index in [0.29, 0.717) is 18.8 Å². The summed E-state index contributed by atoms with van der Waals surface area (Å²) in [6, 6.07) is 3.71. The van der Waals surface area contributed by atoms with Crippen LogP contribution >= 0.6 is 0 Å². The molecule has 0 atom stereocenters. The summed E-state index contributed by atoms with van der Waals surface area (Å²) in [6.07, 6.45) is 7.71. The van der Waals surface area contributed by atoms with Gasteiger partial charge in [0, 0.05) is 36.6 Å². The summed E-state index contributed by atoms with van der Waals surface area (Å²) < 4.78 is 7.24. The van der Waals surface area contributed by atoms with Crippen molar-refractivity contribution in [2.75, 3.05) is 25.0 Å². The van der Waals surface area contributed by atoms with E-state index in [2.05, 4.69) is 25.7 Å². The van der Waals surface area contributed by atoms with Gasteiger partial charge < -0.3 is 15.4 Å². The maximum absolute atomic E-state index is 11.8. The molecular formula is C16H16N6O2. The first-order chi connectivity index (χ1) is 11.8. The molecule has 1 aliphatic heterocycles. The van der Waals surface area contributed by atoms with Crippen LogP contribution in [0.4, 0.5) is 5.82 Å². The van der Waals surface area contributed by atoms with Crippen molar-refractivity contribution in [3.63, 3.8) is 0 Å². The first-order valence-corrected chi connectivity index (χ1v) is 7.73. The van der Waals surface area contributed by atoms with E-state index < -0.39 is 0 Å². The lowest BCUT2D eigenvalue weighted by Gasteiger charge is -2.08. The van der Waals surface area contributed by atoms with Crippen molar-refractivity contribution in [3.8, 4) is 16.9 Å². The average Bonchev–Trinajstić information content (AvgIpc) is 3.02. The van der Waals surface area contributed by atoms with E-state index in [1.807, 2.05) is 18.3 Å². The zero-order chi connectivity index (χ0) is 16.4. The van der Waals surface area contributed by atoms with Gasteiger partial charge in [-0.3, -0.25) is 9.78 Å². The molecule has 1 amide bonds. The molecule has 3 aromatic heterocycles. The van der Waals surface area contributed by atoms with Gasteiger partial charge in [-0.25, -0.2) is 9.50 Å². The van der Waals surface area contributed by atoms with Crippen molar-refractivity contribution in [3.05, 3.63) is 36.9 Å². The largest absolute Gasteiger partial charge is 0.482 e. The fourth-order valence-corrected chi connectivity index (χ4v) is 2.55. The zero-order valence-electron chi connectivity index (χ0n) is 12.9. The molecule has 24 heavy (non-hydrogen) atoms. The predicted octanol–water partition coefficient (Wildman–Crippen LogP) is 1.10. The third-order valence-electron chi connectivity index (χ3n) is 3.75. The lowest BCUT2D eigenvalue weighted by molar-refractivity contribution is -0.123. The maximum atomic E-state index is 11.8. The second kappa shape index (κ2) is 6.15. The summed E-state index contributed by atoms with van der Waals surface area (Å²) >= 11 is 0. The van der Waals surface area contributed by atoms with Gasteiger partial charge in [0.1, 0.15) is 11.6 Å². The highest BCUT2D eigenvalue weighted by Gasteiger charge is 2.11. The fourth-order valence-electron chi connectivity index (χ4n) is 2.55. The minimum atomic E-state index is -0.151. The molecule has 0 fully saturated rings. The lowest BCUT2D eigenvalue weighted by atomic mass is 10.1. The third-order valence-corrected chi connectivity index (χ3v) is 3.75. The van der Waals surface area contributed by atoms with E-state index >= 15 is 0 Å². The standard InChI is InChI=1S/C16H16N6O2/c23-15-10-24-12-6-11(7-17-8-12)13-9-20-22-5-2-14(21-16(13)22)18-3-1-4-19-15/h2,5-9H,1,3-4,10H2,(H,18,21)(H,19,23). The van der Waals surface area contributed by atoms with Gasteiger partial charge in [-0.15, -0.1) is 0 Å². The maximum Gasteiger partial charge on any atom is 0.257 e. The molecule has 4 rings (SSSR count). The number of hydrogen-bond acceptors (Lipinski definition) is 6. The number of ether oxygens (including phenoxy) is 1. The Bertz CT molecular complexity index is 891. The lowest BCUT2D eigenvalue weighted by Crippen LogP contribution is -2.30. The third kappa shape index (κ3) is 2.85. The van der Waals surface area contributed by atoms with Gasteiger partial charge in [-0.2, -0.15) is 5.10 Å². The Labute approximate surface area is 137 Å². The summed E-state index contributed by atoms with van der Waals surface area (Å²) in [5, 5.41) is 10.4. The fraction of sp³-hybridized carbons (Fsp3) is 0.250. The zero-order valence-corrected chi connectivity index (χ0v) is 12.9. The molecule has 122 valence electrons. The number of nitrogens with zero attached hydrogens (tertiary/aromatic N) is 4. The number of fused-ring (bicyclic) bond motifs is 4. The molecule has 4 heterocycles. The number of amides is 1. The predicted molar refractivity (Wildman–Crippen MR) is 87.8 cm³/mol. The normalized spacial score (nSPS) is 15.1. The molecular weight excluding hydrogens is 308 g/mol. The Morgan fingerprint density at radius 1 is 1.17 bits per heavy atom. The van der Waals surface area contributed by atoms with Crippen LogP contribution in [0.3, 0.4) is 0 Å². The van der Waals surface area contributed by atoms with E-state index in [0.717, 1.165) is 29.0 Å². The van der Waals surface area contributed by atoms with E-state index in [9.17, 15) is 4.79 Å². The summed E-state index contributed by atoms with van der Waals surface area (Å²) in [6.45, 7) is 1.25. The molecule has 0 saturated carbocycles. The Morgan fingerprint density at radius 3 is 3.04 bits per heavy atom. The molecule has 8 heteroatoms. The highest BCUT2D eigenvalue weighted by atomic mass is 16.5. The summed E-state index contributed by atoms with van der Waals surface area (Å²) in [5.74, 6) is 1.15. The summed E-state index contributed by atoms with van der Waals surface area (Å²) in [7, 11) is 0. The number of aromatic nitrogens is 4. The van der Waals surface area contributed by atoms with Crippen LogP contribution in [-0.4, -0.2) is 45.2 Å². The van der Waals surface area contributed by atoms with Gasteiger partial charge in [0.2, 0.25) is 0 Å². The second-order valence-electron chi connectivity index (χ2n) is 5.47. The Morgan fingerprint density at radius 2 is 2.08 bits per heavy atom. The molecule has 8 nitrogen and oxygen atoms in total. The number of carbonyl (C=O) groups excluding carboxylic acids is 1. The quantitative estimate of drug-likeness (QED) is 0.643. The van der Waals surface area contributed by atoms with Crippen molar-refractivity contribution >= 4 is 17.4 Å². The van der Waals surface area contributed by atoms with Crippen LogP contribution in [0.15, 0.2) is 36.9 Å². The molecule has 0 aliphatic carbocycles. The highest BCUT2D eigenvalue weighted by molar-refractivity contribution is 5.79. The van der Waals surface area contributed by atoms with Crippen LogP contribution < -0.4 is 15.4 Å². The topological polar surface area (TPSA) is 93.4 Å². The van der Waals surface area contributed by atoms with E-state index in [1.54, 1.807) is 23.1 Å². The Balaban J connectivity index is 1.78. The van der Waals surface area contributed by atoms with Crippen molar-refractivity contribution in [2.45, 2.75) is 6.42 Å². The average molecular weight is 324 g/mol. The monoisotopic (exact) mass is 324 g/mol. The van der Waals surface area contributed by atoms with Crippen LogP contribution in [0.2, 0.25) is 0 Å². The van der Waals surface area contributed by atoms with Crippen molar-refractivity contribution in [2.24, 2.45) is 0 Å². The van der Waals surface area contributed by atoms with Gasteiger partial charge in [0.25, 0.3) is 5.91 Å². The molecule has 0 saturated heterocycles. The van der Waals surface area contributed by atoms with Crippen LogP contribution in [0.25, 0.3) is 16.8 Å². The number of pyridine rings is 1. The molecule has 0 radical (unpaired) electrons. The molecule has 3 aromatic rings. The van der Waals surface area contributed by atoms with E-state index in [-0.39, 0.29) is 12.5 Å². The van der Waals surface area contributed by atoms with E-state index in [1.165, 1.54) is 0 Å². The SMILES string of the molecule is O=C1COc2cncc(c2)-c2cnn3ccc(nc23)NCCCN1. The molecule has 1 aliphatic rings. The van der Waals surface area contributed by atoms with Gasteiger partial charge in [-0.1, -0.05) is 0 Å². The first kappa shape index (κ1) is 14.4. The minimum Gasteiger partial charge on any atom is -0.482 e. The highest BCUT2D eigenvalue weighted by Crippen LogP contribution is 2.26. The number of anilines is 1. The van der Waals surface area contributed by atoms with Crippen LogP contribution in [-0.2, 0) is 4.79 Å². The molecule has 0 spiro atoms. The van der Waals surface area contributed by atoms with Gasteiger partial charge in [0.15, 0.2) is 12.3 Å². The van der Waals surface area contributed by atoms with Crippen LogP contribution in [0.5, 0.6) is 5.75 Å². The number of carbonyl (C=O) groups is 1. The molecule has 2 N–H and O–H groups in total. The first-order valence-electron chi connectivity index (χ1n) is 7.73. The number of hydrogen-bond donors (Lipinski definition) is 2. The van der Waals surface area contributed by atoms with E-state index in [4.69, 9.17) is 4.74 Å². The molecule has 4 bridgehead atoms. The van der Waals surface area contributed by atoms with Gasteiger partial charge in [0.05, 0.1) is 12.4 Å².